The summed E-state index contributed by atoms with van der Waals surface area (Å²) in [5.41, 5.74) is -0.122. The van der Waals surface area contributed by atoms with Gasteiger partial charge in [-0.3, -0.25) is 4.79 Å². The maximum atomic E-state index is 12.0. The summed E-state index contributed by atoms with van der Waals surface area (Å²) in [7, 11) is 1.15. The quantitative estimate of drug-likeness (QED) is 0.497. The van der Waals surface area contributed by atoms with E-state index >= 15 is 0 Å². The molecule has 1 aromatic rings. The summed E-state index contributed by atoms with van der Waals surface area (Å²) in [5, 5.41) is 2.88. The third-order valence-electron chi connectivity index (χ3n) is 2.24. The van der Waals surface area contributed by atoms with Crippen molar-refractivity contribution in [2.24, 2.45) is 0 Å². The van der Waals surface area contributed by atoms with Crippen LogP contribution in [0.15, 0.2) is 0 Å². The molecule has 1 heterocycles. The van der Waals surface area contributed by atoms with Crippen molar-refractivity contribution in [3.63, 3.8) is 0 Å². The number of nitrogens with one attached hydrogen (secondary N) is 1. The van der Waals surface area contributed by atoms with E-state index in [1.54, 1.807) is 0 Å². The highest BCUT2D eigenvalue weighted by Gasteiger charge is 2.26. The summed E-state index contributed by atoms with van der Waals surface area (Å²) >= 11 is 0.915. The Bertz CT molecular complexity index is 500. The average molecular weight is 310 g/mol. The number of ketones is 1. The van der Waals surface area contributed by atoms with Gasteiger partial charge in [-0.05, 0) is 6.42 Å². The van der Waals surface area contributed by atoms with Gasteiger partial charge in [-0.25, -0.2) is 9.78 Å². The minimum absolute atomic E-state index is 0.0466. The molecule has 0 amide bonds. The molecule has 1 rings (SSSR count). The Hall–Kier alpha value is -1.64. The fourth-order valence-electron chi connectivity index (χ4n) is 1.35. The van der Waals surface area contributed by atoms with E-state index in [2.05, 4.69) is 15.0 Å². The molecule has 0 aliphatic heterocycles. The number of halogens is 3. The van der Waals surface area contributed by atoms with Crippen LogP contribution < -0.4 is 5.32 Å². The number of aromatic nitrogens is 1. The summed E-state index contributed by atoms with van der Waals surface area (Å²) in [4.78, 5) is 26.7. The van der Waals surface area contributed by atoms with Crippen LogP contribution >= 0.6 is 11.3 Å². The summed E-state index contributed by atoms with van der Waals surface area (Å²) in [6, 6.07) is 0. The minimum Gasteiger partial charge on any atom is -0.464 e. The Morgan fingerprint density at radius 3 is 2.55 bits per heavy atom. The number of nitrogens with zero attached hydrogens (tertiary/aromatic N) is 1. The van der Waals surface area contributed by atoms with Gasteiger partial charge in [0.05, 0.1) is 7.11 Å². The van der Waals surface area contributed by atoms with Crippen LogP contribution in [0, 0.1) is 0 Å². The lowest BCUT2D eigenvalue weighted by Gasteiger charge is -2.05. The zero-order valence-corrected chi connectivity index (χ0v) is 11.7. The molecule has 1 aromatic heterocycles. The van der Waals surface area contributed by atoms with E-state index in [9.17, 15) is 22.8 Å². The van der Waals surface area contributed by atoms with Gasteiger partial charge in [0, 0.05) is 19.9 Å². The van der Waals surface area contributed by atoms with Gasteiger partial charge in [0.1, 0.15) is 4.88 Å². The predicted molar refractivity (Wildman–Crippen MR) is 67.2 cm³/mol. The van der Waals surface area contributed by atoms with Crippen LogP contribution in [0.4, 0.5) is 18.3 Å². The molecule has 0 fully saturated rings. The molecule has 20 heavy (non-hydrogen) atoms. The van der Waals surface area contributed by atoms with Crippen molar-refractivity contribution < 1.29 is 27.5 Å². The first-order chi connectivity index (χ1) is 9.24. The molecule has 0 aliphatic rings. The normalized spacial score (nSPS) is 11.2. The van der Waals surface area contributed by atoms with Crippen molar-refractivity contribution >= 4 is 28.2 Å². The van der Waals surface area contributed by atoms with Crippen LogP contribution in [0.1, 0.15) is 39.9 Å². The summed E-state index contributed by atoms with van der Waals surface area (Å²) in [5.74, 6) is -1.11. The molecule has 0 spiro atoms. The second-order valence-electron chi connectivity index (χ2n) is 3.89. The van der Waals surface area contributed by atoms with E-state index in [-0.39, 0.29) is 34.5 Å². The molecule has 0 aromatic carbocycles. The standard InChI is InChI=1S/C11H13F3N2O3S/c1-6(17)8-7(9(18)19-2)16-10(20-8)15-5-3-4-11(12,13)14/h3-5H2,1-2H3,(H,15,16). The van der Waals surface area contributed by atoms with Gasteiger partial charge in [0.2, 0.25) is 0 Å². The second-order valence-corrected chi connectivity index (χ2v) is 4.89. The number of carbonyl (C=O) groups is 2. The maximum Gasteiger partial charge on any atom is 0.389 e. The number of ether oxygens (including phenoxy) is 1. The number of alkyl halides is 3. The highest BCUT2D eigenvalue weighted by molar-refractivity contribution is 7.17. The molecule has 0 unspecified atom stereocenters. The molecule has 0 bridgehead atoms. The fourth-order valence-corrected chi connectivity index (χ4v) is 2.23. The van der Waals surface area contributed by atoms with E-state index in [0.29, 0.717) is 0 Å². The lowest BCUT2D eigenvalue weighted by Crippen LogP contribution is -2.11. The van der Waals surface area contributed by atoms with Crippen LogP contribution in [0.2, 0.25) is 0 Å². The largest absolute Gasteiger partial charge is 0.464 e. The molecule has 9 heteroatoms. The maximum absolute atomic E-state index is 12.0. The van der Waals surface area contributed by atoms with E-state index < -0.39 is 18.6 Å². The average Bonchev–Trinajstić information content (AvgIpc) is 2.77. The second kappa shape index (κ2) is 6.69. The van der Waals surface area contributed by atoms with Crippen LogP contribution in [-0.4, -0.2) is 36.6 Å². The Morgan fingerprint density at radius 2 is 2.05 bits per heavy atom. The lowest BCUT2D eigenvalue weighted by molar-refractivity contribution is -0.134. The zero-order chi connectivity index (χ0) is 15.3. The summed E-state index contributed by atoms with van der Waals surface area (Å²) in [6.45, 7) is 1.32. The SMILES string of the molecule is COC(=O)c1nc(NCCCC(F)(F)F)sc1C(C)=O. The van der Waals surface area contributed by atoms with Gasteiger partial charge in [-0.1, -0.05) is 11.3 Å². The van der Waals surface area contributed by atoms with Crippen LogP contribution in [0.5, 0.6) is 0 Å². The molecule has 1 N–H and O–H groups in total. The van der Waals surface area contributed by atoms with Gasteiger partial charge in [0.25, 0.3) is 0 Å². The number of methoxy groups -OCH3 is 1. The van der Waals surface area contributed by atoms with E-state index in [1.807, 2.05) is 0 Å². The van der Waals surface area contributed by atoms with Crippen molar-refractivity contribution in [1.29, 1.82) is 0 Å². The van der Waals surface area contributed by atoms with E-state index in [1.165, 1.54) is 6.92 Å². The molecule has 0 saturated carbocycles. The Kier molecular flexibility index (Phi) is 5.49. The summed E-state index contributed by atoms with van der Waals surface area (Å²) < 4.78 is 40.4. The minimum atomic E-state index is -4.20. The number of carbonyl (C=O) groups excluding carboxylic acids is 2. The number of thiazole rings is 1. The first-order valence-electron chi connectivity index (χ1n) is 5.65. The molecule has 0 radical (unpaired) electrons. The smallest absolute Gasteiger partial charge is 0.389 e. The Labute approximate surface area is 117 Å². The van der Waals surface area contributed by atoms with Gasteiger partial charge < -0.3 is 10.1 Å². The first kappa shape index (κ1) is 16.4. The van der Waals surface area contributed by atoms with E-state index in [4.69, 9.17) is 0 Å². The van der Waals surface area contributed by atoms with Gasteiger partial charge >= 0.3 is 12.1 Å². The monoisotopic (exact) mass is 310 g/mol. The highest BCUT2D eigenvalue weighted by Crippen LogP contribution is 2.25. The van der Waals surface area contributed by atoms with Gasteiger partial charge in [0.15, 0.2) is 16.6 Å². The predicted octanol–water partition coefficient (Wildman–Crippen LogP) is 2.89. The number of esters is 1. The van der Waals surface area contributed by atoms with E-state index in [0.717, 1.165) is 18.4 Å². The van der Waals surface area contributed by atoms with Gasteiger partial charge in [-0.2, -0.15) is 13.2 Å². The van der Waals surface area contributed by atoms with Crippen molar-refractivity contribution in [2.45, 2.75) is 25.9 Å². The number of rotatable bonds is 6. The molecule has 0 saturated heterocycles. The third-order valence-corrected chi connectivity index (χ3v) is 3.35. The fraction of sp³-hybridized carbons (Fsp3) is 0.545. The lowest BCUT2D eigenvalue weighted by atomic mass is 10.3. The van der Waals surface area contributed by atoms with Crippen LogP contribution in [0.25, 0.3) is 0 Å². The molecule has 0 aliphatic carbocycles. The van der Waals surface area contributed by atoms with Crippen molar-refractivity contribution in [1.82, 2.24) is 4.98 Å². The van der Waals surface area contributed by atoms with Crippen LogP contribution in [-0.2, 0) is 4.74 Å². The number of anilines is 1. The molecule has 5 nitrogen and oxygen atoms in total. The van der Waals surface area contributed by atoms with Crippen molar-refractivity contribution in [2.75, 3.05) is 19.0 Å². The third kappa shape index (κ3) is 4.80. The Balaban J connectivity index is 2.68. The topological polar surface area (TPSA) is 68.3 Å². The number of hydrogen-bond donors (Lipinski definition) is 1. The van der Waals surface area contributed by atoms with Crippen molar-refractivity contribution in [3.05, 3.63) is 10.6 Å². The number of Topliss-reactive ketones (excluding diaryl/α,β-unsaturated/α-hetero) is 1. The molecule has 112 valence electrons. The zero-order valence-electron chi connectivity index (χ0n) is 10.8. The number of hydrogen-bond acceptors (Lipinski definition) is 6. The van der Waals surface area contributed by atoms with Crippen molar-refractivity contribution in [3.8, 4) is 0 Å². The Morgan fingerprint density at radius 1 is 1.40 bits per heavy atom. The van der Waals surface area contributed by atoms with Crippen LogP contribution in [0.3, 0.4) is 0 Å². The molecular formula is C11H13F3N2O3S. The highest BCUT2D eigenvalue weighted by atomic mass is 32.1. The summed E-state index contributed by atoms with van der Waals surface area (Å²) in [6.07, 6.45) is -5.23. The first-order valence-corrected chi connectivity index (χ1v) is 6.47. The molecule has 0 atom stereocenters. The van der Waals surface area contributed by atoms with Gasteiger partial charge in [-0.15, -0.1) is 0 Å². The molecular weight excluding hydrogens is 297 g/mol.